The normalized spacial score (nSPS) is 20.2. The Morgan fingerprint density at radius 1 is 1.33 bits per heavy atom. The van der Waals surface area contributed by atoms with Crippen molar-refractivity contribution in [2.24, 2.45) is 5.92 Å². The third-order valence-electron chi connectivity index (χ3n) is 2.52. The number of hydrogen-bond acceptors (Lipinski definition) is 2. The lowest BCUT2D eigenvalue weighted by molar-refractivity contribution is 0.0558. The van der Waals surface area contributed by atoms with Gasteiger partial charge >= 0.3 is 0 Å². The predicted molar refractivity (Wildman–Crippen MR) is 51.3 cm³/mol. The van der Waals surface area contributed by atoms with Crippen molar-refractivity contribution in [1.29, 1.82) is 0 Å². The van der Waals surface area contributed by atoms with Gasteiger partial charge in [0.1, 0.15) is 0 Å². The van der Waals surface area contributed by atoms with E-state index >= 15 is 0 Å². The third kappa shape index (κ3) is 3.55. The molecule has 0 atom stereocenters. The van der Waals surface area contributed by atoms with Crippen LogP contribution in [-0.2, 0) is 4.74 Å². The summed E-state index contributed by atoms with van der Waals surface area (Å²) in [5.41, 5.74) is 0. The molecule has 1 aliphatic heterocycles. The maximum atomic E-state index is 5.32. The van der Waals surface area contributed by atoms with Crippen LogP contribution in [0.3, 0.4) is 0 Å². The Hall–Kier alpha value is -0.0800. The van der Waals surface area contributed by atoms with Gasteiger partial charge in [-0.2, -0.15) is 0 Å². The van der Waals surface area contributed by atoms with Gasteiger partial charge in [-0.15, -0.1) is 0 Å². The lowest BCUT2D eigenvalue weighted by Crippen LogP contribution is -2.30. The van der Waals surface area contributed by atoms with E-state index in [1.54, 1.807) is 0 Å². The van der Waals surface area contributed by atoms with E-state index in [-0.39, 0.29) is 0 Å². The molecule has 0 amide bonds. The first-order valence-electron chi connectivity index (χ1n) is 5.09. The minimum atomic E-state index is 0.885. The monoisotopic (exact) mass is 171 g/mol. The highest BCUT2D eigenvalue weighted by molar-refractivity contribution is 4.66. The van der Waals surface area contributed by atoms with Gasteiger partial charge in [-0.1, -0.05) is 6.92 Å². The van der Waals surface area contributed by atoms with E-state index in [9.17, 15) is 0 Å². The van der Waals surface area contributed by atoms with Crippen LogP contribution in [0.1, 0.15) is 26.2 Å². The summed E-state index contributed by atoms with van der Waals surface area (Å²) in [4.78, 5) is 2.44. The summed E-state index contributed by atoms with van der Waals surface area (Å²) in [6, 6.07) is 0. The lowest BCUT2D eigenvalue weighted by Gasteiger charge is -2.26. The molecule has 1 saturated heterocycles. The van der Waals surface area contributed by atoms with Crippen LogP contribution in [0.15, 0.2) is 0 Å². The zero-order chi connectivity index (χ0) is 8.81. The van der Waals surface area contributed by atoms with Gasteiger partial charge in [-0.3, -0.25) is 0 Å². The Bertz CT molecular complexity index is 110. The van der Waals surface area contributed by atoms with Crippen molar-refractivity contribution in [2.45, 2.75) is 26.2 Å². The molecule has 2 heteroatoms. The van der Waals surface area contributed by atoms with Gasteiger partial charge in [0.05, 0.1) is 0 Å². The molecule has 0 radical (unpaired) electrons. The Morgan fingerprint density at radius 3 is 2.58 bits per heavy atom. The maximum Gasteiger partial charge on any atom is 0.0469 e. The molecule has 0 N–H and O–H groups in total. The molecule has 2 nitrogen and oxygen atoms in total. The van der Waals surface area contributed by atoms with Gasteiger partial charge in [-0.25, -0.2) is 0 Å². The largest absolute Gasteiger partial charge is 0.381 e. The molecular weight excluding hydrogens is 150 g/mol. The zero-order valence-electron chi connectivity index (χ0n) is 8.38. The molecule has 0 unspecified atom stereocenters. The van der Waals surface area contributed by atoms with Crippen LogP contribution < -0.4 is 0 Å². The maximum absolute atomic E-state index is 5.32. The summed E-state index contributed by atoms with van der Waals surface area (Å²) in [6.07, 6.45) is 3.78. The van der Waals surface area contributed by atoms with E-state index < -0.39 is 0 Å². The first-order chi connectivity index (χ1) is 5.83. The van der Waals surface area contributed by atoms with Gasteiger partial charge < -0.3 is 9.64 Å². The van der Waals surface area contributed by atoms with Gasteiger partial charge in [-0.05, 0) is 38.8 Å². The fourth-order valence-corrected chi connectivity index (χ4v) is 1.84. The molecule has 0 bridgehead atoms. The van der Waals surface area contributed by atoms with Gasteiger partial charge in [0, 0.05) is 19.8 Å². The molecular formula is C10H21NO. The molecule has 0 aromatic rings. The highest BCUT2D eigenvalue weighted by atomic mass is 16.5. The van der Waals surface area contributed by atoms with Crippen LogP contribution >= 0.6 is 0 Å². The molecule has 1 heterocycles. The van der Waals surface area contributed by atoms with Gasteiger partial charge in [0.15, 0.2) is 0 Å². The summed E-state index contributed by atoms with van der Waals surface area (Å²) in [6.45, 7) is 6.68. The average molecular weight is 171 g/mol. The number of rotatable bonds is 4. The van der Waals surface area contributed by atoms with Crippen LogP contribution in [0.25, 0.3) is 0 Å². The summed E-state index contributed by atoms with van der Waals surface area (Å²) < 4.78 is 5.32. The number of hydrogen-bond donors (Lipinski definition) is 0. The molecule has 0 aromatic heterocycles. The Morgan fingerprint density at radius 2 is 2.00 bits per heavy atom. The predicted octanol–water partition coefficient (Wildman–Crippen LogP) is 1.75. The smallest absolute Gasteiger partial charge is 0.0469 e. The molecule has 0 aromatic carbocycles. The van der Waals surface area contributed by atoms with Crippen molar-refractivity contribution in [3.05, 3.63) is 0 Å². The van der Waals surface area contributed by atoms with E-state index in [1.165, 1.54) is 32.4 Å². The molecule has 0 spiro atoms. The molecule has 12 heavy (non-hydrogen) atoms. The van der Waals surface area contributed by atoms with Gasteiger partial charge in [0.2, 0.25) is 0 Å². The van der Waals surface area contributed by atoms with Crippen molar-refractivity contribution in [1.82, 2.24) is 4.90 Å². The molecule has 0 aliphatic carbocycles. The van der Waals surface area contributed by atoms with E-state index in [0.717, 1.165) is 19.1 Å². The van der Waals surface area contributed by atoms with Crippen LogP contribution in [0.5, 0.6) is 0 Å². The Labute approximate surface area is 75.9 Å². The summed E-state index contributed by atoms with van der Waals surface area (Å²) in [5, 5.41) is 0. The molecule has 72 valence electrons. The minimum Gasteiger partial charge on any atom is -0.381 e. The lowest BCUT2D eigenvalue weighted by atomic mass is 10.00. The average Bonchev–Trinajstić information content (AvgIpc) is 2.06. The molecule has 1 fully saturated rings. The SMILES string of the molecule is CCCN(C)CC1CCOCC1. The number of nitrogens with zero attached hydrogens (tertiary/aromatic N) is 1. The first-order valence-corrected chi connectivity index (χ1v) is 5.09. The summed E-state index contributed by atoms with van der Waals surface area (Å²) >= 11 is 0. The zero-order valence-corrected chi connectivity index (χ0v) is 8.38. The van der Waals surface area contributed by atoms with Gasteiger partial charge in [0.25, 0.3) is 0 Å². The molecule has 1 rings (SSSR count). The van der Waals surface area contributed by atoms with E-state index in [1.807, 2.05) is 0 Å². The first kappa shape index (κ1) is 10.0. The van der Waals surface area contributed by atoms with Crippen LogP contribution in [0, 0.1) is 5.92 Å². The second-order valence-electron chi connectivity index (χ2n) is 3.82. The van der Waals surface area contributed by atoms with E-state index in [4.69, 9.17) is 4.74 Å². The van der Waals surface area contributed by atoms with Crippen molar-refractivity contribution in [3.63, 3.8) is 0 Å². The topological polar surface area (TPSA) is 12.5 Å². The van der Waals surface area contributed by atoms with Crippen LogP contribution in [0.4, 0.5) is 0 Å². The minimum absolute atomic E-state index is 0.885. The standard InChI is InChI=1S/C10H21NO/c1-3-6-11(2)9-10-4-7-12-8-5-10/h10H,3-9H2,1-2H3. The van der Waals surface area contributed by atoms with E-state index in [0.29, 0.717) is 0 Å². The molecule has 0 saturated carbocycles. The van der Waals surface area contributed by atoms with Crippen molar-refractivity contribution in [3.8, 4) is 0 Å². The third-order valence-corrected chi connectivity index (χ3v) is 2.52. The van der Waals surface area contributed by atoms with E-state index in [2.05, 4.69) is 18.9 Å². The van der Waals surface area contributed by atoms with Crippen LogP contribution in [-0.4, -0.2) is 38.3 Å². The van der Waals surface area contributed by atoms with Crippen molar-refractivity contribution >= 4 is 0 Å². The van der Waals surface area contributed by atoms with Crippen molar-refractivity contribution < 1.29 is 4.74 Å². The second kappa shape index (κ2) is 5.55. The fourth-order valence-electron chi connectivity index (χ4n) is 1.84. The highest BCUT2D eigenvalue weighted by Gasteiger charge is 2.14. The second-order valence-corrected chi connectivity index (χ2v) is 3.82. The number of ether oxygens (including phenoxy) is 1. The van der Waals surface area contributed by atoms with Crippen molar-refractivity contribution in [2.75, 3.05) is 33.4 Å². The Balaban J connectivity index is 2.11. The highest BCUT2D eigenvalue weighted by Crippen LogP contribution is 2.15. The summed E-state index contributed by atoms with van der Waals surface area (Å²) in [7, 11) is 2.22. The summed E-state index contributed by atoms with van der Waals surface area (Å²) in [5.74, 6) is 0.885. The molecule has 1 aliphatic rings. The van der Waals surface area contributed by atoms with Crippen LogP contribution in [0.2, 0.25) is 0 Å². The fraction of sp³-hybridized carbons (Fsp3) is 1.00. The quantitative estimate of drug-likeness (QED) is 0.639. The Kier molecular flexibility index (Phi) is 4.62.